The van der Waals surface area contributed by atoms with Crippen LogP contribution in [0.15, 0.2) is 47.1 Å². The zero-order valence-electron chi connectivity index (χ0n) is 11.6. The average molecular weight is 277 g/mol. The predicted molar refractivity (Wildman–Crippen MR) is 75.6 cm³/mol. The van der Waals surface area contributed by atoms with Crippen LogP contribution in [-0.4, -0.2) is 23.1 Å². The summed E-state index contributed by atoms with van der Waals surface area (Å²) in [6, 6.07) is 9.93. The Morgan fingerprint density at radius 1 is 1.30 bits per heavy atom. The molecule has 0 aliphatic carbocycles. The van der Waals surface area contributed by atoms with E-state index < -0.39 is 6.10 Å². The van der Waals surface area contributed by atoms with E-state index in [1.165, 1.54) is 12.1 Å². The van der Waals surface area contributed by atoms with Crippen molar-refractivity contribution in [3.05, 3.63) is 59.8 Å². The summed E-state index contributed by atoms with van der Waals surface area (Å²) < 4.78 is 18.4. The van der Waals surface area contributed by atoms with Gasteiger partial charge in [0.1, 0.15) is 11.6 Å². The Morgan fingerprint density at radius 2 is 2.15 bits per heavy atom. The summed E-state index contributed by atoms with van der Waals surface area (Å²) in [4.78, 5) is 2.18. The van der Waals surface area contributed by atoms with E-state index in [1.54, 1.807) is 18.4 Å². The molecule has 0 radical (unpaired) electrons. The Hall–Kier alpha value is -1.65. The SMILES string of the molecule is CCN(CCC(O)c1cccc(F)c1)Cc1ccco1. The van der Waals surface area contributed by atoms with Crippen molar-refractivity contribution >= 4 is 0 Å². The molecule has 0 spiro atoms. The highest BCUT2D eigenvalue weighted by Crippen LogP contribution is 2.18. The van der Waals surface area contributed by atoms with Crippen LogP contribution in [0, 0.1) is 5.82 Å². The number of hydrogen-bond donors (Lipinski definition) is 1. The Morgan fingerprint density at radius 3 is 2.80 bits per heavy atom. The minimum atomic E-state index is -0.642. The summed E-state index contributed by atoms with van der Waals surface area (Å²) in [5.41, 5.74) is 0.624. The standard InChI is InChI=1S/C16H20FNO2/c1-2-18(12-15-7-4-10-20-15)9-8-16(19)13-5-3-6-14(17)11-13/h3-7,10-11,16,19H,2,8-9,12H2,1H3. The van der Waals surface area contributed by atoms with Crippen molar-refractivity contribution in [3.63, 3.8) is 0 Å². The molecular weight excluding hydrogens is 257 g/mol. The van der Waals surface area contributed by atoms with Crippen molar-refractivity contribution in [3.8, 4) is 0 Å². The van der Waals surface area contributed by atoms with Gasteiger partial charge in [0.25, 0.3) is 0 Å². The molecule has 0 saturated heterocycles. The molecule has 108 valence electrons. The maximum atomic E-state index is 13.1. The third-order valence-electron chi connectivity index (χ3n) is 3.36. The zero-order valence-corrected chi connectivity index (χ0v) is 11.6. The van der Waals surface area contributed by atoms with E-state index in [1.807, 2.05) is 12.1 Å². The van der Waals surface area contributed by atoms with E-state index in [0.29, 0.717) is 12.0 Å². The first kappa shape index (κ1) is 14.8. The molecule has 0 aliphatic heterocycles. The fraction of sp³-hybridized carbons (Fsp3) is 0.375. The van der Waals surface area contributed by atoms with Gasteiger partial charge in [0, 0.05) is 6.54 Å². The number of hydrogen-bond acceptors (Lipinski definition) is 3. The van der Waals surface area contributed by atoms with Crippen LogP contribution in [0.25, 0.3) is 0 Å². The average Bonchev–Trinajstić information content (AvgIpc) is 2.96. The van der Waals surface area contributed by atoms with Crippen LogP contribution in [0.3, 0.4) is 0 Å². The number of nitrogens with zero attached hydrogens (tertiary/aromatic N) is 1. The zero-order chi connectivity index (χ0) is 14.4. The molecule has 2 rings (SSSR count). The van der Waals surface area contributed by atoms with Crippen molar-refractivity contribution in [2.75, 3.05) is 13.1 Å². The molecule has 0 bridgehead atoms. The lowest BCUT2D eigenvalue weighted by atomic mass is 10.1. The molecule has 1 atom stereocenters. The van der Waals surface area contributed by atoms with Crippen LogP contribution in [0.1, 0.15) is 30.8 Å². The maximum Gasteiger partial charge on any atom is 0.123 e. The van der Waals surface area contributed by atoms with Gasteiger partial charge in [-0.05, 0) is 42.8 Å². The van der Waals surface area contributed by atoms with Crippen LogP contribution in [0.2, 0.25) is 0 Å². The van der Waals surface area contributed by atoms with Crippen molar-refractivity contribution in [2.45, 2.75) is 26.0 Å². The molecule has 0 fully saturated rings. The molecule has 0 aliphatic rings. The first-order valence-corrected chi connectivity index (χ1v) is 6.87. The lowest BCUT2D eigenvalue weighted by molar-refractivity contribution is 0.138. The van der Waals surface area contributed by atoms with Gasteiger partial charge in [-0.1, -0.05) is 19.1 Å². The Bertz CT molecular complexity index is 513. The van der Waals surface area contributed by atoms with Crippen molar-refractivity contribution in [1.82, 2.24) is 4.90 Å². The second kappa shape index (κ2) is 7.22. The van der Waals surface area contributed by atoms with Crippen molar-refractivity contribution in [2.24, 2.45) is 0 Å². The molecule has 4 heteroatoms. The highest BCUT2D eigenvalue weighted by atomic mass is 19.1. The Kier molecular flexibility index (Phi) is 5.32. The molecule has 1 aromatic heterocycles. The van der Waals surface area contributed by atoms with E-state index >= 15 is 0 Å². The second-order valence-electron chi connectivity index (χ2n) is 4.81. The number of halogens is 1. The fourth-order valence-electron chi connectivity index (χ4n) is 2.16. The lowest BCUT2D eigenvalue weighted by Crippen LogP contribution is -2.25. The molecule has 3 nitrogen and oxygen atoms in total. The van der Waals surface area contributed by atoms with Crippen LogP contribution >= 0.6 is 0 Å². The summed E-state index contributed by atoms with van der Waals surface area (Å²) >= 11 is 0. The molecular formula is C16H20FNO2. The van der Waals surface area contributed by atoms with Crippen LogP contribution < -0.4 is 0 Å². The first-order chi connectivity index (χ1) is 9.69. The monoisotopic (exact) mass is 277 g/mol. The van der Waals surface area contributed by atoms with Crippen molar-refractivity contribution in [1.29, 1.82) is 0 Å². The third kappa shape index (κ3) is 4.18. The minimum absolute atomic E-state index is 0.315. The van der Waals surface area contributed by atoms with Crippen LogP contribution in [0.4, 0.5) is 4.39 Å². The number of aliphatic hydroxyl groups excluding tert-OH is 1. The van der Waals surface area contributed by atoms with E-state index in [-0.39, 0.29) is 5.82 Å². The molecule has 1 aromatic carbocycles. The number of rotatable bonds is 7. The van der Waals surface area contributed by atoms with Gasteiger partial charge in [-0.25, -0.2) is 4.39 Å². The van der Waals surface area contributed by atoms with Crippen LogP contribution in [-0.2, 0) is 6.54 Å². The van der Waals surface area contributed by atoms with E-state index in [0.717, 1.165) is 25.4 Å². The molecule has 2 aromatic rings. The number of aliphatic hydroxyl groups is 1. The van der Waals surface area contributed by atoms with Gasteiger partial charge >= 0.3 is 0 Å². The molecule has 1 unspecified atom stereocenters. The Balaban J connectivity index is 1.86. The lowest BCUT2D eigenvalue weighted by Gasteiger charge is -2.21. The van der Waals surface area contributed by atoms with E-state index in [9.17, 15) is 9.50 Å². The quantitative estimate of drug-likeness (QED) is 0.843. The summed E-state index contributed by atoms with van der Waals surface area (Å²) in [6.07, 6.45) is 1.58. The van der Waals surface area contributed by atoms with Gasteiger partial charge in [0.15, 0.2) is 0 Å². The first-order valence-electron chi connectivity index (χ1n) is 6.87. The molecule has 0 saturated carbocycles. The maximum absolute atomic E-state index is 13.1. The third-order valence-corrected chi connectivity index (χ3v) is 3.36. The normalized spacial score (nSPS) is 12.8. The van der Waals surface area contributed by atoms with Gasteiger partial charge in [-0.3, -0.25) is 4.90 Å². The minimum Gasteiger partial charge on any atom is -0.468 e. The van der Waals surface area contributed by atoms with Gasteiger partial charge in [0.2, 0.25) is 0 Å². The van der Waals surface area contributed by atoms with E-state index in [4.69, 9.17) is 4.42 Å². The predicted octanol–water partition coefficient (Wildman–Crippen LogP) is 3.36. The largest absolute Gasteiger partial charge is 0.468 e. The molecule has 1 heterocycles. The number of furan rings is 1. The van der Waals surface area contributed by atoms with Crippen LogP contribution in [0.5, 0.6) is 0 Å². The molecule has 1 N–H and O–H groups in total. The number of benzene rings is 1. The van der Waals surface area contributed by atoms with Gasteiger partial charge in [-0.15, -0.1) is 0 Å². The van der Waals surface area contributed by atoms with Gasteiger partial charge < -0.3 is 9.52 Å². The topological polar surface area (TPSA) is 36.6 Å². The molecule has 0 amide bonds. The summed E-state index contributed by atoms with van der Waals surface area (Å²) in [7, 11) is 0. The van der Waals surface area contributed by atoms with Crippen molar-refractivity contribution < 1.29 is 13.9 Å². The Labute approximate surface area is 118 Å². The smallest absolute Gasteiger partial charge is 0.123 e. The van der Waals surface area contributed by atoms with Gasteiger partial charge in [-0.2, -0.15) is 0 Å². The fourth-order valence-corrected chi connectivity index (χ4v) is 2.16. The summed E-state index contributed by atoms with van der Waals surface area (Å²) in [6.45, 7) is 4.39. The summed E-state index contributed by atoms with van der Waals surface area (Å²) in [5.74, 6) is 0.594. The summed E-state index contributed by atoms with van der Waals surface area (Å²) in [5, 5.41) is 10.1. The highest BCUT2D eigenvalue weighted by molar-refractivity contribution is 5.18. The van der Waals surface area contributed by atoms with E-state index in [2.05, 4.69) is 11.8 Å². The van der Waals surface area contributed by atoms with Gasteiger partial charge in [0.05, 0.1) is 18.9 Å². The molecule has 20 heavy (non-hydrogen) atoms. The highest BCUT2D eigenvalue weighted by Gasteiger charge is 2.12. The second-order valence-corrected chi connectivity index (χ2v) is 4.81.